The van der Waals surface area contributed by atoms with E-state index in [2.05, 4.69) is 5.32 Å². The Morgan fingerprint density at radius 2 is 1.59 bits per heavy atom. The molecule has 1 atom stereocenters. The molecule has 0 aliphatic rings. The van der Waals surface area contributed by atoms with Gasteiger partial charge in [-0.1, -0.05) is 36.8 Å². The van der Waals surface area contributed by atoms with Gasteiger partial charge in [-0.25, -0.2) is 8.42 Å². The van der Waals surface area contributed by atoms with Crippen molar-refractivity contribution in [3.63, 3.8) is 0 Å². The average molecular weight is 534 g/mol. The molecule has 204 valence electrons. The fourth-order valence-electron chi connectivity index (χ4n) is 3.86. The predicted molar refractivity (Wildman–Crippen MR) is 145 cm³/mol. The molecule has 2 aromatic carbocycles. The molecule has 10 heteroatoms. The molecule has 0 heterocycles. The van der Waals surface area contributed by atoms with Gasteiger partial charge in [0, 0.05) is 18.2 Å². The van der Waals surface area contributed by atoms with Crippen LogP contribution in [0.2, 0.25) is 0 Å². The topological polar surface area (TPSA) is 105 Å². The molecule has 0 spiro atoms. The summed E-state index contributed by atoms with van der Waals surface area (Å²) in [4.78, 5) is 28.4. The molecule has 2 aromatic rings. The quantitative estimate of drug-likeness (QED) is 0.474. The van der Waals surface area contributed by atoms with E-state index in [0.29, 0.717) is 17.9 Å². The molecule has 37 heavy (non-hydrogen) atoms. The van der Waals surface area contributed by atoms with Crippen LogP contribution in [0.4, 0.5) is 5.69 Å². The average Bonchev–Trinajstić information content (AvgIpc) is 2.81. The Morgan fingerprint density at radius 1 is 1.00 bits per heavy atom. The maximum absolute atomic E-state index is 13.8. The summed E-state index contributed by atoms with van der Waals surface area (Å²) in [7, 11) is -0.939. The number of anilines is 1. The summed E-state index contributed by atoms with van der Waals surface area (Å²) in [6.45, 7) is 9.05. The van der Waals surface area contributed by atoms with Crippen molar-refractivity contribution in [3.8, 4) is 11.5 Å². The Balaban J connectivity index is 2.50. The maximum Gasteiger partial charge on any atom is 0.244 e. The van der Waals surface area contributed by atoms with Crippen LogP contribution in [0.25, 0.3) is 0 Å². The number of methoxy groups -OCH3 is 2. The van der Waals surface area contributed by atoms with Crippen molar-refractivity contribution in [1.82, 2.24) is 10.2 Å². The summed E-state index contributed by atoms with van der Waals surface area (Å²) in [6, 6.07) is 11.5. The van der Waals surface area contributed by atoms with Gasteiger partial charge in [-0.15, -0.1) is 0 Å². The van der Waals surface area contributed by atoms with Crippen molar-refractivity contribution in [1.29, 1.82) is 0 Å². The van der Waals surface area contributed by atoms with Gasteiger partial charge in [0.15, 0.2) is 11.5 Å². The van der Waals surface area contributed by atoms with Crippen LogP contribution in [-0.2, 0) is 26.2 Å². The number of hydrogen-bond donors (Lipinski definition) is 1. The Bertz CT molecular complexity index is 1190. The summed E-state index contributed by atoms with van der Waals surface area (Å²) in [6.07, 6.45) is 1.39. The second-order valence-electron chi connectivity index (χ2n) is 9.98. The van der Waals surface area contributed by atoms with Gasteiger partial charge >= 0.3 is 0 Å². The van der Waals surface area contributed by atoms with E-state index in [1.54, 1.807) is 12.1 Å². The minimum absolute atomic E-state index is 0.152. The predicted octanol–water partition coefficient (Wildman–Crippen LogP) is 3.50. The third-order valence-corrected chi connectivity index (χ3v) is 6.83. The van der Waals surface area contributed by atoms with Gasteiger partial charge in [0.25, 0.3) is 0 Å². The maximum atomic E-state index is 13.8. The van der Waals surface area contributed by atoms with Crippen LogP contribution < -0.4 is 19.1 Å². The molecule has 0 aliphatic heterocycles. The van der Waals surface area contributed by atoms with Crippen LogP contribution in [0.5, 0.6) is 11.5 Å². The zero-order valence-corrected chi connectivity index (χ0v) is 23.8. The van der Waals surface area contributed by atoms with Crippen LogP contribution in [0.3, 0.4) is 0 Å². The highest BCUT2D eigenvalue weighted by Gasteiger charge is 2.33. The van der Waals surface area contributed by atoms with Gasteiger partial charge in [0.05, 0.1) is 26.2 Å². The van der Waals surface area contributed by atoms with E-state index in [1.165, 1.54) is 25.2 Å². The van der Waals surface area contributed by atoms with Crippen molar-refractivity contribution in [2.75, 3.05) is 31.3 Å². The second-order valence-corrected chi connectivity index (χ2v) is 11.9. The fourth-order valence-corrected chi connectivity index (χ4v) is 4.70. The molecule has 0 bridgehead atoms. The van der Waals surface area contributed by atoms with E-state index in [4.69, 9.17) is 9.47 Å². The number of benzene rings is 2. The third kappa shape index (κ3) is 8.38. The Hall–Kier alpha value is -3.27. The summed E-state index contributed by atoms with van der Waals surface area (Å²) in [5, 5.41) is 2.95. The number of sulfonamides is 1. The van der Waals surface area contributed by atoms with E-state index >= 15 is 0 Å². The lowest BCUT2D eigenvalue weighted by atomic mass is 10.1. The molecule has 9 nitrogen and oxygen atoms in total. The van der Waals surface area contributed by atoms with Gasteiger partial charge in [0.2, 0.25) is 21.8 Å². The lowest BCUT2D eigenvalue weighted by Gasteiger charge is -2.34. The van der Waals surface area contributed by atoms with Crippen molar-refractivity contribution >= 4 is 27.5 Å². The largest absolute Gasteiger partial charge is 0.493 e. The number of amides is 2. The Morgan fingerprint density at radius 3 is 2.08 bits per heavy atom. The second kappa shape index (κ2) is 12.3. The van der Waals surface area contributed by atoms with Gasteiger partial charge in [-0.3, -0.25) is 13.9 Å². The smallest absolute Gasteiger partial charge is 0.244 e. The van der Waals surface area contributed by atoms with Crippen LogP contribution >= 0.6 is 0 Å². The molecule has 0 aliphatic carbocycles. The number of carbonyl (C=O) groups is 2. The van der Waals surface area contributed by atoms with E-state index < -0.39 is 34.1 Å². The molecule has 0 fully saturated rings. The lowest BCUT2D eigenvalue weighted by molar-refractivity contribution is -0.141. The Kier molecular flexibility index (Phi) is 9.97. The molecule has 0 saturated heterocycles. The number of nitrogens with zero attached hydrogens (tertiary/aromatic N) is 2. The molecule has 2 rings (SSSR count). The van der Waals surface area contributed by atoms with E-state index in [-0.39, 0.29) is 18.1 Å². The normalized spacial score (nSPS) is 12.4. The van der Waals surface area contributed by atoms with Crippen molar-refractivity contribution in [2.24, 2.45) is 0 Å². The van der Waals surface area contributed by atoms with Gasteiger partial charge in [0.1, 0.15) is 12.6 Å². The highest BCUT2D eigenvalue weighted by Crippen LogP contribution is 2.32. The first-order chi connectivity index (χ1) is 17.2. The highest BCUT2D eigenvalue weighted by atomic mass is 32.2. The van der Waals surface area contributed by atoms with E-state index in [9.17, 15) is 18.0 Å². The lowest BCUT2D eigenvalue weighted by Crippen LogP contribution is -2.55. The zero-order valence-electron chi connectivity index (χ0n) is 23.0. The molecule has 0 radical (unpaired) electrons. The van der Waals surface area contributed by atoms with Gasteiger partial charge < -0.3 is 19.7 Å². The molecular formula is C27H39N3O6S. The Labute approximate surface area is 220 Å². The van der Waals surface area contributed by atoms with Crippen molar-refractivity contribution < 1.29 is 27.5 Å². The summed E-state index contributed by atoms with van der Waals surface area (Å²) in [5.41, 5.74) is 1.64. The minimum atomic E-state index is -3.86. The first-order valence-corrected chi connectivity index (χ1v) is 13.9. The van der Waals surface area contributed by atoms with E-state index in [0.717, 1.165) is 21.7 Å². The van der Waals surface area contributed by atoms with Crippen molar-refractivity contribution in [3.05, 3.63) is 53.6 Å². The zero-order chi connectivity index (χ0) is 28.0. The van der Waals surface area contributed by atoms with Gasteiger partial charge in [-0.05, 0) is 51.8 Å². The van der Waals surface area contributed by atoms with E-state index in [1.807, 2.05) is 58.9 Å². The number of hydrogen-bond acceptors (Lipinski definition) is 6. The number of nitrogens with one attached hydrogen (secondary N) is 1. The first kappa shape index (κ1) is 30.0. The first-order valence-electron chi connectivity index (χ1n) is 12.1. The number of rotatable bonds is 11. The summed E-state index contributed by atoms with van der Waals surface area (Å²) >= 11 is 0. The van der Waals surface area contributed by atoms with Crippen LogP contribution in [0.1, 0.15) is 45.2 Å². The monoisotopic (exact) mass is 533 g/mol. The SMILES string of the molecule is CCC(C(=O)NC(C)(C)C)N(Cc1ccc(C)cc1)C(=O)CN(c1ccc(OC)c(OC)c1)S(C)(=O)=O. The molecule has 2 amide bonds. The molecule has 1 unspecified atom stereocenters. The highest BCUT2D eigenvalue weighted by molar-refractivity contribution is 7.92. The molecule has 1 N–H and O–H groups in total. The van der Waals surface area contributed by atoms with Crippen LogP contribution in [0.15, 0.2) is 42.5 Å². The fraction of sp³-hybridized carbons (Fsp3) is 0.481. The standard InChI is InChI=1S/C27H39N3O6S/c1-9-22(26(32)28-27(3,4)5)29(17-20-12-10-19(2)11-13-20)25(31)18-30(37(8,33)34)21-14-15-23(35-6)24(16-21)36-7/h10-16,22H,9,17-18H2,1-8H3,(H,28,32). The van der Waals surface area contributed by atoms with Gasteiger partial charge in [-0.2, -0.15) is 0 Å². The number of aryl methyl sites for hydroxylation is 1. The summed E-state index contributed by atoms with van der Waals surface area (Å²) < 4.78 is 37.2. The van der Waals surface area contributed by atoms with Crippen LogP contribution in [0, 0.1) is 6.92 Å². The number of carbonyl (C=O) groups excluding carboxylic acids is 2. The third-order valence-electron chi connectivity index (χ3n) is 5.69. The van der Waals surface area contributed by atoms with Crippen molar-refractivity contribution in [2.45, 2.75) is 59.2 Å². The molecule has 0 aromatic heterocycles. The minimum Gasteiger partial charge on any atom is -0.493 e. The number of ether oxygens (including phenoxy) is 2. The van der Waals surface area contributed by atoms with Crippen LogP contribution in [-0.4, -0.2) is 63.7 Å². The molecular weight excluding hydrogens is 494 g/mol. The summed E-state index contributed by atoms with van der Waals surface area (Å²) in [5.74, 6) is -0.0466. The molecule has 0 saturated carbocycles.